The van der Waals surface area contributed by atoms with E-state index in [1.165, 1.54) is 29.1 Å². The maximum Gasteiger partial charge on any atom is 0.402 e. The molecule has 9 nitrogen and oxygen atoms in total. The molecule has 3 amide bonds. The number of piperidine rings is 1. The fourth-order valence-corrected chi connectivity index (χ4v) is 4.88. The number of nitrogens with zero attached hydrogens (tertiary/aromatic N) is 6. The summed E-state index contributed by atoms with van der Waals surface area (Å²) < 4.78 is 9.53. The van der Waals surface area contributed by atoms with Gasteiger partial charge < -0.3 is 9.32 Å². The molecule has 0 radical (unpaired) electrons. The van der Waals surface area contributed by atoms with Gasteiger partial charge in [-0.25, -0.2) is 13.9 Å². The molecule has 31 heavy (non-hydrogen) atoms. The van der Waals surface area contributed by atoms with Gasteiger partial charge in [0.05, 0.1) is 6.26 Å². The van der Waals surface area contributed by atoms with E-state index in [0.29, 0.717) is 24.9 Å². The molecular formula is C22H29N6O3+. The van der Waals surface area contributed by atoms with Crippen molar-refractivity contribution in [3.8, 4) is 0 Å². The molecule has 9 heteroatoms. The Hall–Kier alpha value is -2.94. The van der Waals surface area contributed by atoms with E-state index in [-0.39, 0.29) is 11.9 Å². The predicted molar refractivity (Wildman–Crippen MR) is 113 cm³/mol. The smallest absolute Gasteiger partial charge is 0.402 e. The van der Waals surface area contributed by atoms with Crippen molar-refractivity contribution < 1.29 is 18.6 Å². The van der Waals surface area contributed by atoms with Crippen LogP contribution in [-0.2, 0) is 11.3 Å². The van der Waals surface area contributed by atoms with Gasteiger partial charge in [0.25, 0.3) is 5.91 Å². The number of aromatic nitrogens is 2. The molecule has 5 rings (SSSR count). The molecule has 1 atom stereocenters. The summed E-state index contributed by atoms with van der Waals surface area (Å²) in [5, 5.41) is 0. The van der Waals surface area contributed by atoms with Gasteiger partial charge in [-0.1, -0.05) is 11.4 Å². The molecule has 1 unspecified atom stereocenters. The highest BCUT2D eigenvalue weighted by molar-refractivity contribution is 6.20. The van der Waals surface area contributed by atoms with Crippen LogP contribution >= 0.6 is 0 Å². The number of amidine groups is 1. The molecule has 164 valence electrons. The number of aliphatic imine (C=N–C) groups is 1. The summed E-state index contributed by atoms with van der Waals surface area (Å²) in [7, 11) is 1.71. The number of imide groups is 1. The lowest BCUT2D eigenvalue weighted by Gasteiger charge is -2.35. The van der Waals surface area contributed by atoms with Gasteiger partial charge >= 0.3 is 12.0 Å². The van der Waals surface area contributed by atoms with E-state index < -0.39 is 6.04 Å². The summed E-state index contributed by atoms with van der Waals surface area (Å²) >= 11 is 0. The number of amides is 3. The number of likely N-dealkylation sites (tertiary alicyclic amines) is 1. The topological polar surface area (TPSA) is 78.2 Å². The lowest BCUT2D eigenvalue weighted by molar-refractivity contribution is -0.682. The van der Waals surface area contributed by atoms with E-state index >= 15 is 0 Å². The Kier molecular flexibility index (Phi) is 4.92. The molecule has 2 aromatic heterocycles. The fourth-order valence-electron chi connectivity index (χ4n) is 4.88. The Morgan fingerprint density at radius 3 is 2.65 bits per heavy atom. The van der Waals surface area contributed by atoms with Gasteiger partial charge in [0.15, 0.2) is 0 Å². The second-order valence-corrected chi connectivity index (χ2v) is 8.61. The van der Waals surface area contributed by atoms with Gasteiger partial charge in [0.1, 0.15) is 23.7 Å². The van der Waals surface area contributed by atoms with Crippen LogP contribution in [0.25, 0.3) is 0 Å². The molecule has 2 fully saturated rings. The summed E-state index contributed by atoms with van der Waals surface area (Å²) in [6, 6.07) is 2.88. The Morgan fingerprint density at radius 1 is 1.16 bits per heavy atom. The van der Waals surface area contributed by atoms with Crippen molar-refractivity contribution in [2.24, 2.45) is 4.99 Å². The maximum atomic E-state index is 13.5. The molecule has 0 saturated carbocycles. The van der Waals surface area contributed by atoms with E-state index in [9.17, 15) is 9.59 Å². The van der Waals surface area contributed by atoms with E-state index in [2.05, 4.69) is 4.90 Å². The Labute approximate surface area is 181 Å². The SMILES string of the molecule is Cc1c(C)[n+](Cc2ccco2)c2n1C1C(=O)N(CCN3CCCCC3)C(=O)N(C)C1=N2. The van der Waals surface area contributed by atoms with Crippen molar-refractivity contribution in [2.75, 3.05) is 33.2 Å². The average Bonchev–Trinajstić information content (AvgIpc) is 3.48. The summed E-state index contributed by atoms with van der Waals surface area (Å²) in [6.45, 7) is 7.75. The summed E-state index contributed by atoms with van der Waals surface area (Å²) in [5.41, 5.74) is 2.00. The second-order valence-electron chi connectivity index (χ2n) is 8.61. The highest BCUT2D eigenvalue weighted by Gasteiger charge is 2.54. The first-order valence-corrected chi connectivity index (χ1v) is 11.0. The van der Waals surface area contributed by atoms with Crippen molar-refractivity contribution in [3.05, 3.63) is 35.5 Å². The number of hydrogen-bond donors (Lipinski definition) is 0. The zero-order chi connectivity index (χ0) is 21.7. The molecule has 3 aliphatic rings. The quantitative estimate of drug-likeness (QED) is 0.687. The van der Waals surface area contributed by atoms with Crippen LogP contribution in [0.3, 0.4) is 0 Å². The monoisotopic (exact) mass is 425 g/mol. The molecule has 0 N–H and O–H groups in total. The highest BCUT2D eigenvalue weighted by atomic mass is 16.3. The van der Waals surface area contributed by atoms with Crippen molar-refractivity contribution >= 4 is 23.7 Å². The molecule has 2 saturated heterocycles. The third-order valence-electron chi connectivity index (χ3n) is 6.81. The first kappa shape index (κ1) is 20.0. The lowest BCUT2D eigenvalue weighted by Crippen LogP contribution is -2.59. The molecule has 0 bridgehead atoms. The van der Waals surface area contributed by atoms with Gasteiger partial charge in [-0.2, -0.15) is 0 Å². The van der Waals surface area contributed by atoms with Crippen LogP contribution in [0.1, 0.15) is 42.5 Å². The third kappa shape index (κ3) is 3.18. The average molecular weight is 426 g/mol. The van der Waals surface area contributed by atoms with Gasteiger partial charge in [0, 0.05) is 20.1 Å². The minimum absolute atomic E-state index is 0.194. The van der Waals surface area contributed by atoms with Gasteiger partial charge in [-0.3, -0.25) is 14.6 Å². The third-order valence-corrected chi connectivity index (χ3v) is 6.81. The molecule has 0 aliphatic carbocycles. The number of hydrogen-bond acceptors (Lipinski definition) is 5. The van der Waals surface area contributed by atoms with Crippen LogP contribution in [0.15, 0.2) is 27.8 Å². The number of fused-ring (bicyclic) bond motifs is 3. The molecule has 3 aliphatic heterocycles. The summed E-state index contributed by atoms with van der Waals surface area (Å²) in [6.07, 6.45) is 5.27. The minimum atomic E-state index is -0.601. The maximum absolute atomic E-state index is 13.5. The van der Waals surface area contributed by atoms with Gasteiger partial charge in [-0.05, 0) is 51.9 Å². The summed E-state index contributed by atoms with van der Waals surface area (Å²) in [5.74, 6) is 1.80. The van der Waals surface area contributed by atoms with Crippen LogP contribution in [0.2, 0.25) is 0 Å². The number of likely N-dealkylation sites (N-methyl/N-ethyl adjacent to an activating group) is 1. The van der Waals surface area contributed by atoms with Crippen molar-refractivity contribution in [1.82, 2.24) is 19.3 Å². The first-order valence-electron chi connectivity index (χ1n) is 11.0. The number of rotatable bonds is 5. The molecular weight excluding hydrogens is 396 g/mol. The lowest BCUT2D eigenvalue weighted by atomic mass is 10.1. The highest BCUT2D eigenvalue weighted by Crippen LogP contribution is 2.35. The molecule has 2 aromatic rings. The molecule has 5 heterocycles. The van der Waals surface area contributed by atoms with Crippen molar-refractivity contribution in [2.45, 2.75) is 45.7 Å². The predicted octanol–water partition coefficient (Wildman–Crippen LogP) is 2.00. The van der Waals surface area contributed by atoms with Gasteiger partial charge in [-0.15, -0.1) is 0 Å². The minimum Gasteiger partial charge on any atom is -0.466 e. The first-order chi connectivity index (χ1) is 15.0. The summed E-state index contributed by atoms with van der Waals surface area (Å²) in [4.78, 5) is 36.6. The number of furan rings is 1. The van der Waals surface area contributed by atoms with Crippen LogP contribution in [0, 0.1) is 13.8 Å². The number of urea groups is 1. The number of carbonyl (C=O) groups excluding carboxylic acids is 2. The second kappa shape index (κ2) is 7.64. The standard InChI is InChI=1S/C22H29N6O3/c1-15-16(2)28-18-19(23-21(28)27(15)14-17-8-7-13-31-17)24(3)22(30)26(20(18)29)12-11-25-9-5-4-6-10-25/h7-8,13,18H,4-6,9-12,14H2,1-3H3/q+1. The van der Waals surface area contributed by atoms with Crippen LogP contribution in [0.5, 0.6) is 0 Å². The zero-order valence-electron chi connectivity index (χ0n) is 18.4. The zero-order valence-corrected chi connectivity index (χ0v) is 18.4. The van der Waals surface area contributed by atoms with Crippen molar-refractivity contribution in [1.29, 1.82) is 0 Å². The Balaban J connectivity index is 1.45. The van der Waals surface area contributed by atoms with Crippen LogP contribution in [-0.4, -0.2) is 70.3 Å². The number of carbonyl (C=O) groups is 2. The largest absolute Gasteiger partial charge is 0.466 e. The van der Waals surface area contributed by atoms with E-state index in [1.54, 1.807) is 13.3 Å². The Morgan fingerprint density at radius 2 is 1.94 bits per heavy atom. The van der Waals surface area contributed by atoms with Crippen LogP contribution in [0.4, 0.5) is 10.7 Å². The van der Waals surface area contributed by atoms with Gasteiger partial charge in [0.2, 0.25) is 11.9 Å². The van der Waals surface area contributed by atoms with Crippen molar-refractivity contribution in [3.63, 3.8) is 0 Å². The van der Waals surface area contributed by atoms with E-state index in [4.69, 9.17) is 9.41 Å². The Bertz CT molecular complexity index is 1050. The fraction of sp³-hybridized carbons (Fsp3) is 0.545. The van der Waals surface area contributed by atoms with Crippen LogP contribution < -0.4 is 4.57 Å². The normalized spacial score (nSPS) is 21.5. The molecule has 0 aromatic carbocycles. The van der Waals surface area contributed by atoms with E-state index in [1.807, 2.05) is 35.1 Å². The number of imidazole rings is 1. The van der Waals surface area contributed by atoms with E-state index in [0.717, 1.165) is 36.8 Å². The molecule has 0 spiro atoms.